The van der Waals surface area contributed by atoms with Gasteiger partial charge >= 0.3 is 5.97 Å². The van der Waals surface area contributed by atoms with Gasteiger partial charge in [0.1, 0.15) is 31.0 Å². The van der Waals surface area contributed by atoms with E-state index in [2.05, 4.69) is 20.6 Å². The number of nitrogens with one attached hydrogen (secondary N) is 2. The molecule has 2 aromatic heterocycles. The fraction of sp³-hybridized carbons (Fsp3) is 0.271. The summed E-state index contributed by atoms with van der Waals surface area (Å²) in [7, 11) is -3.22. The molecule has 0 saturated carbocycles. The molecule has 4 heterocycles. The number of anilines is 1. The van der Waals surface area contributed by atoms with Gasteiger partial charge in [0, 0.05) is 31.8 Å². The summed E-state index contributed by atoms with van der Waals surface area (Å²) in [5, 5.41) is 6.38. The Morgan fingerprint density at radius 3 is 2.35 bits per heavy atom. The highest BCUT2D eigenvalue weighted by atomic mass is 35.5. The Labute approximate surface area is 396 Å². The lowest BCUT2D eigenvalue weighted by molar-refractivity contribution is -0.145. The zero-order valence-electron chi connectivity index (χ0n) is 36.5. The average Bonchev–Trinajstić information content (AvgIpc) is 3.68. The van der Waals surface area contributed by atoms with Crippen LogP contribution in [-0.4, -0.2) is 66.3 Å². The number of ether oxygens (including phenoxy) is 4. The molecule has 4 aromatic carbocycles. The van der Waals surface area contributed by atoms with Gasteiger partial charge in [-0.3, -0.25) is 14.6 Å². The molecule has 3 atom stereocenters. The quantitative estimate of drug-likeness (QED) is 0.106. The molecule has 2 aliphatic heterocycles. The van der Waals surface area contributed by atoms with E-state index in [1.54, 1.807) is 30.5 Å². The van der Waals surface area contributed by atoms with E-state index in [0.717, 1.165) is 54.7 Å². The number of sulfonamides is 1. The number of rotatable bonds is 13. The maximum absolute atomic E-state index is 14.7. The summed E-state index contributed by atoms with van der Waals surface area (Å²) >= 11 is 13.0. The van der Waals surface area contributed by atoms with Crippen LogP contribution in [0.15, 0.2) is 95.3 Å². The fourth-order valence-electron chi connectivity index (χ4n) is 7.89. The zero-order valence-corrected chi connectivity index (χ0v) is 39.7. The Morgan fingerprint density at radius 1 is 0.909 bits per heavy atom. The fourth-order valence-corrected chi connectivity index (χ4v) is 11.3. The summed E-state index contributed by atoms with van der Waals surface area (Å²) in [6, 6.07) is 23.3. The van der Waals surface area contributed by atoms with E-state index in [0.29, 0.717) is 45.0 Å². The third-order valence-electron chi connectivity index (χ3n) is 11.5. The van der Waals surface area contributed by atoms with E-state index in [1.807, 2.05) is 74.5 Å². The van der Waals surface area contributed by atoms with Crippen LogP contribution < -0.4 is 24.8 Å². The van der Waals surface area contributed by atoms with Crippen LogP contribution in [0.4, 0.5) is 5.13 Å². The molecule has 0 unspecified atom stereocenters. The highest BCUT2D eigenvalue weighted by Gasteiger charge is 2.43. The number of hydrogen-bond acceptors (Lipinski definition) is 12. The van der Waals surface area contributed by atoms with Crippen molar-refractivity contribution in [3.05, 3.63) is 146 Å². The van der Waals surface area contributed by atoms with Crippen molar-refractivity contribution in [1.29, 1.82) is 0 Å². The number of fused-ring (bicyclic) bond motifs is 2. The largest absolute Gasteiger partial charge is 0.489 e. The molecule has 0 bridgehead atoms. The van der Waals surface area contributed by atoms with Crippen LogP contribution in [0.1, 0.15) is 57.8 Å². The Bertz CT molecular complexity index is 2950. The third-order valence-corrected chi connectivity index (χ3v) is 15.8. The van der Waals surface area contributed by atoms with E-state index in [1.165, 1.54) is 21.0 Å². The SMILES string of the molecule is COC(=O)[C@H](Cc1ccc(-c2ccnc(C)c2C)cc1)NC(=O)[C@@H]1Cc2cc3c(cc2CN1S(=O)(=O)c1sc(NC(C)=O)nc1C)O[C@@H](c1ccc(OCc2ccc(Cl)c(Cl)c2)cc1)CO3. The molecular weight excluding hydrogens is 926 g/mol. The second-order valence-electron chi connectivity index (χ2n) is 16.0. The van der Waals surface area contributed by atoms with Crippen LogP contribution in [0.3, 0.4) is 0 Å². The van der Waals surface area contributed by atoms with Crippen molar-refractivity contribution >= 4 is 67.5 Å². The number of aromatic nitrogens is 2. The molecule has 8 rings (SSSR count). The third kappa shape index (κ3) is 10.0. The zero-order chi connectivity index (χ0) is 46.9. The molecule has 0 radical (unpaired) electrons. The molecule has 342 valence electrons. The lowest BCUT2D eigenvalue weighted by atomic mass is 9.93. The number of carbonyl (C=O) groups is 3. The van der Waals surface area contributed by atoms with Crippen molar-refractivity contribution < 1.29 is 41.7 Å². The van der Waals surface area contributed by atoms with Gasteiger partial charge in [-0.15, -0.1) is 0 Å². The van der Waals surface area contributed by atoms with Crippen LogP contribution in [0.2, 0.25) is 10.0 Å². The van der Waals surface area contributed by atoms with Crippen molar-refractivity contribution in [1.82, 2.24) is 19.6 Å². The highest BCUT2D eigenvalue weighted by molar-refractivity contribution is 7.91. The Kier molecular flexibility index (Phi) is 13.7. The molecule has 6 aromatic rings. The minimum Gasteiger partial charge on any atom is -0.489 e. The number of benzene rings is 4. The maximum Gasteiger partial charge on any atom is 0.328 e. The predicted octanol–water partition coefficient (Wildman–Crippen LogP) is 8.50. The van der Waals surface area contributed by atoms with Gasteiger partial charge in [-0.25, -0.2) is 18.2 Å². The lowest BCUT2D eigenvalue weighted by Crippen LogP contribution is -2.56. The van der Waals surface area contributed by atoms with Crippen molar-refractivity contribution in [2.75, 3.05) is 19.0 Å². The van der Waals surface area contributed by atoms with Crippen LogP contribution in [-0.2, 0) is 55.1 Å². The van der Waals surface area contributed by atoms with Crippen LogP contribution in [0, 0.1) is 20.8 Å². The number of halogens is 2. The van der Waals surface area contributed by atoms with Gasteiger partial charge in [0.05, 0.1) is 22.8 Å². The number of esters is 1. The Hall–Kier alpha value is -6.04. The highest BCUT2D eigenvalue weighted by Crippen LogP contribution is 2.43. The number of nitrogens with zero attached hydrogens (tertiary/aromatic N) is 3. The molecule has 0 fully saturated rings. The second-order valence-corrected chi connectivity index (χ2v) is 19.9. The number of carbonyl (C=O) groups excluding carboxylic acids is 3. The van der Waals surface area contributed by atoms with E-state index in [9.17, 15) is 22.8 Å². The first-order valence-corrected chi connectivity index (χ1v) is 23.9. The minimum absolute atomic E-state index is 0.0617. The van der Waals surface area contributed by atoms with Crippen molar-refractivity contribution in [2.45, 2.75) is 76.1 Å². The molecule has 2 amide bonds. The van der Waals surface area contributed by atoms with Crippen LogP contribution >= 0.6 is 34.5 Å². The topological polar surface area (TPSA) is 175 Å². The summed E-state index contributed by atoms with van der Waals surface area (Å²) in [5.41, 5.74) is 7.80. The Morgan fingerprint density at radius 2 is 1.64 bits per heavy atom. The monoisotopic (exact) mass is 969 g/mol. The Balaban J connectivity index is 1.04. The summed E-state index contributed by atoms with van der Waals surface area (Å²) < 4.78 is 54.2. The van der Waals surface area contributed by atoms with E-state index in [4.69, 9.17) is 42.1 Å². The van der Waals surface area contributed by atoms with Crippen molar-refractivity contribution in [3.63, 3.8) is 0 Å². The molecule has 2 N–H and O–H groups in total. The minimum atomic E-state index is -4.45. The van der Waals surface area contributed by atoms with Gasteiger partial charge in [0.15, 0.2) is 26.9 Å². The first-order chi connectivity index (χ1) is 31.6. The van der Waals surface area contributed by atoms with Gasteiger partial charge in [-0.2, -0.15) is 4.31 Å². The molecule has 2 aliphatic rings. The van der Waals surface area contributed by atoms with E-state index < -0.39 is 46.0 Å². The number of methoxy groups -OCH3 is 1. The number of amides is 2. The summed E-state index contributed by atoms with van der Waals surface area (Å²) in [5.74, 6) is -0.349. The van der Waals surface area contributed by atoms with Gasteiger partial charge in [-0.05, 0) is 114 Å². The molecule has 18 heteroatoms. The summed E-state index contributed by atoms with van der Waals surface area (Å²) in [6.45, 7) is 7.02. The van der Waals surface area contributed by atoms with E-state index >= 15 is 0 Å². The van der Waals surface area contributed by atoms with E-state index in [-0.39, 0.29) is 41.0 Å². The van der Waals surface area contributed by atoms with Crippen molar-refractivity contribution in [3.8, 4) is 28.4 Å². The van der Waals surface area contributed by atoms with Gasteiger partial charge in [0.25, 0.3) is 10.0 Å². The summed E-state index contributed by atoms with van der Waals surface area (Å²) in [6.07, 6.45) is 1.27. The first-order valence-electron chi connectivity index (χ1n) is 20.9. The summed E-state index contributed by atoms with van der Waals surface area (Å²) in [4.78, 5) is 48.4. The van der Waals surface area contributed by atoms with Gasteiger partial charge in [-0.1, -0.05) is 77.0 Å². The smallest absolute Gasteiger partial charge is 0.328 e. The molecule has 0 aliphatic carbocycles. The average molecular weight is 971 g/mol. The van der Waals surface area contributed by atoms with Gasteiger partial charge in [0.2, 0.25) is 11.8 Å². The molecule has 0 spiro atoms. The molecular formula is C48H45Cl2N5O9S2. The maximum atomic E-state index is 14.7. The standard InChI is InChI=1S/C48H45Cl2N5O9S2/c1-26-27(2)51-17-16-37(26)32-9-6-30(7-10-32)19-40(46(58)61-5)54-45(57)41-20-34-21-42-43(22-35(34)23-55(41)66(59,60)47-28(3)52-48(65-47)53-29(4)56)64-44(25-63-42)33-11-13-36(14-12-33)62-24-31-8-15-38(49)39(50)18-31/h6-18,21-22,40-41,44H,19-20,23-25H2,1-5H3,(H,54,57)(H,52,53,56)/t40-,41-,44+/m0/s1. The van der Waals surface area contributed by atoms with Crippen LogP contribution in [0.5, 0.6) is 17.2 Å². The molecule has 0 saturated heterocycles. The van der Waals surface area contributed by atoms with Gasteiger partial charge < -0.3 is 29.6 Å². The lowest BCUT2D eigenvalue weighted by Gasteiger charge is -2.36. The molecule has 66 heavy (non-hydrogen) atoms. The second kappa shape index (κ2) is 19.4. The first kappa shape index (κ1) is 46.5. The number of aryl methyl sites for hydroxylation is 2. The van der Waals surface area contributed by atoms with Crippen molar-refractivity contribution in [2.24, 2.45) is 0 Å². The number of thiazole rings is 1. The normalized spacial score (nSPS) is 16.2. The number of hydrogen-bond donors (Lipinski definition) is 2. The van der Waals surface area contributed by atoms with Crippen LogP contribution in [0.25, 0.3) is 11.1 Å². The predicted molar refractivity (Wildman–Crippen MR) is 251 cm³/mol. The number of pyridine rings is 1. The molecule has 14 nitrogen and oxygen atoms in total.